The maximum atomic E-state index is 13.1. The molecule has 5 aliphatic rings. The highest BCUT2D eigenvalue weighted by Gasteiger charge is 2.70. The number of aliphatic carboxylic acids is 1. The van der Waals surface area contributed by atoms with E-state index in [2.05, 4.69) is 54.5 Å². The van der Waals surface area contributed by atoms with Crippen LogP contribution in [0.4, 0.5) is 0 Å². The molecule has 0 aromatic heterocycles. The van der Waals surface area contributed by atoms with E-state index in [0.29, 0.717) is 35.5 Å². The molecule has 0 aliphatic heterocycles. The van der Waals surface area contributed by atoms with Gasteiger partial charge in [-0.1, -0.05) is 66.2 Å². The number of aliphatic hydroxyl groups excluding tert-OH is 1. The highest BCUT2D eigenvalue weighted by molar-refractivity contribution is 5.87. The normalized spacial score (nSPS) is 43.9. The molecule has 7 heteroatoms. The summed E-state index contributed by atoms with van der Waals surface area (Å²) in [4.78, 5) is 26.1. The summed E-state index contributed by atoms with van der Waals surface area (Å²) in [7, 11) is 1.48. The van der Waals surface area contributed by atoms with Crippen LogP contribution in [0, 0.1) is 56.7 Å². The summed E-state index contributed by atoms with van der Waals surface area (Å²) >= 11 is 0. The molecule has 7 nitrogen and oxygen atoms in total. The lowest BCUT2D eigenvalue weighted by Gasteiger charge is -2.71. The number of hydrogen-bond acceptors (Lipinski definition) is 6. The van der Waals surface area contributed by atoms with Gasteiger partial charge in [0.25, 0.3) is 0 Å². The lowest BCUT2D eigenvalue weighted by molar-refractivity contribution is -0.238. The van der Waals surface area contributed by atoms with Crippen LogP contribution in [-0.4, -0.2) is 46.6 Å². The van der Waals surface area contributed by atoms with Crippen LogP contribution >= 0.6 is 0 Å². The molecule has 3 N–H and O–H groups in total. The Morgan fingerprint density at radius 3 is 2.38 bits per heavy atom. The number of esters is 1. The lowest BCUT2D eigenvalue weighted by atomic mass is 9.33. The van der Waals surface area contributed by atoms with Crippen molar-refractivity contribution in [1.29, 1.82) is 0 Å². The molecule has 0 unspecified atom stereocenters. The molecule has 0 heterocycles. The number of carbonyl (C=O) groups is 2. The van der Waals surface area contributed by atoms with Crippen LogP contribution in [0.3, 0.4) is 0 Å². The number of aromatic hydroxyl groups is 1. The third kappa shape index (κ3) is 4.83. The number of hydrogen-bond donors (Lipinski definition) is 3. The van der Waals surface area contributed by atoms with E-state index in [-0.39, 0.29) is 33.8 Å². The number of phenolic OH excluding ortho intramolecular Hbond substituents is 1. The van der Waals surface area contributed by atoms with Crippen molar-refractivity contribution in [2.45, 2.75) is 112 Å². The third-order valence-corrected chi connectivity index (χ3v) is 15.2. The molecule has 0 amide bonds. The number of methoxy groups -OCH3 is 1. The van der Waals surface area contributed by atoms with Crippen LogP contribution < -0.4 is 4.74 Å². The zero-order chi connectivity index (χ0) is 34.3. The van der Waals surface area contributed by atoms with E-state index in [1.54, 1.807) is 18.2 Å². The van der Waals surface area contributed by atoms with Crippen molar-refractivity contribution in [3.63, 3.8) is 0 Å². The van der Waals surface area contributed by atoms with Gasteiger partial charge in [-0.3, -0.25) is 4.79 Å². The number of carboxylic acid groups (broad SMARTS) is 1. The topological polar surface area (TPSA) is 113 Å². The number of carboxylic acids is 1. The van der Waals surface area contributed by atoms with Crippen molar-refractivity contribution >= 4 is 18.0 Å². The molecule has 4 saturated carbocycles. The molecule has 47 heavy (non-hydrogen) atoms. The first-order valence-corrected chi connectivity index (χ1v) is 17.8. The number of benzene rings is 1. The van der Waals surface area contributed by atoms with Crippen molar-refractivity contribution in [3.8, 4) is 11.5 Å². The van der Waals surface area contributed by atoms with E-state index in [1.807, 2.05) is 0 Å². The van der Waals surface area contributed by atoms with Crippen LogP contribution in [-0.2, 0) is 14.3 Å². The van der Waals surface area contributed by atoms with Crippen LogP contribution in [0.15, 0.2) is 35.9 Å². The van der Waals surface area contributed by atoms with Gasteiger partial charge in [0.15, 0.2) is 11.5 Å². The molecule has 1 aromatic rings. The second kappa shape index (κ2) is 11.4. The predicted octanol–water partition coefficient (Wildman–Crippen LogP) is 8.04. The molecule has 258 valence electrons. The Morgan fingerprint density at radius 2 is 1.70 bits per heavy atom. The summed E-state index contributed by atoms with van der Waals surface area (Å²) < 4.78 is 11.3. The minimum atomic E-state index is -0.803. The number of allylic oxidation sites excluding steroid dienone is 2. The summed E-state index contributed by atoms with van der Waals surface area (Å²) in [6.45, 7) is 16.2. The van der Waals surface area contributed by atoms with Gasteiger partial charge in [0, 0.05) is 11.5 Å². The molecule has 0 saturated heterocycles. The average molecular weight is 649 g/mol. The molecule has 0 spiro atoms. The quantitative estimate of drug-likeness (QED) is 0.168. The Balaban J connectivity index is 1.28. The van der Waals surface area contributed by atoms with E-state index in [0.717, 1.165) is 44.9 Å². The molecule has 5 aliphatic carbocycles. The minimum absolute atomic E-state index is 0.0272. The smallest absolute Gasteiger partial charge is 0.331 e. The van der Waals surface area contributed by atoms with Crippen LogP contribution in [0.2, 0.25) is 0 Å². The van der Waals surface area contributed by atoms with Crippen molar-refractivity contribution in [2.24, 2.45) is 56.7 Å². The summed E-state index contributed by atoms with van der Waals surface area (Å²) in [6.07, 6.45) is 10.9. The molecule has 0 bridgehead atoms. The molecule has 0 radical (unpaired) electrons. The minimum Gasteiger partial charge on any atom is -0.504 e. The van der Waals surface area contributed by atoms with E-state index < -0.39 is 35.0 Å². The highest BCUT2D eigenvalue weighted by atomic mass is 16.6. The zero-order valence-corrected chi connectivity index (χ0v) is 29.6. The van der Waals surface area contributed by atoms with Gasteiger partial charge in [-0.15, -0.1) is 0 Å². The number of fused-ring (bicyclic) bond motifs is 7. The number of ether oxygens (including phenoxy) is 2. The SMILES string of the molecule is COc1cc(/C=C/C(=O)O[C@@H]2[C@H](O)C[C@]3(C)[C@H]4CC=C5[C@H]6[C@@H](C)[C@H](C)CC[C@]6(C(=O)O)CC[C@@]5(C)[C@]4(C)CC[C@H]3C2(C)C)ccc1O. The van der Waals surface area contributed by atoms with Crippen LogP contribution in [0.25, 0.3) is 6.08 Å². The van der Waals surface area contributed by atoms with Gasteiger partial charge in [0.2, 0.25) is 0 Å². The molecule has 6 rings (SSSR count). The first-order valence-electron chi connectivity index (χ1n) is 17.8. The van der Waals surface area contributed by atoms with Crippen molar-refractivity contribution < 1.29 is 34.4 Å². The standard InChI is InChI=1S/C40H56O7/c1-23-15-18-40(35(44)45)20-19-38(6)26(33(40)24(23)2)11-13-31-37(5)22-28(42)34(36(3,4)30(37)16-17-39(31,38)7)47-32(43)14-10-25-9-12-27(41)29(21-25)46-8/h9-12,14,21,23-24,28,30-31,33-34,41-42H,13,15-20,22H2,1-8H3,(H,44,45)/b14-10+/t23-,24+,28-,30+,31-,33-,34-,37+,38-,39-,40+/m1/s1. The second-order valence-electron chi connectivity index (χ2n) is 17.3. The number of phenols is 1. The highest BCUT2D eigenvalue weighted by Crippen LogP contribution is 2.75. The van der Waals surface area contributed by atoms with Crippen molar-refractivity contribution in [1.82, 2.24) is 0 Å². The Labute approximate surface area is 280 Å². The summed E-state index contributed by atoms with van der Waals surface area (Å²) in [5.41, 5.74) is 0.686. The second-order valence-corrected chi connectivity index (χ2v) is 17.3. The van der Waals surface area contributed by atoms with E-state index in [1.165, 1.54) is 24.8 Å². The van der Waals surface area contributed by atoms with Gasteiger partial charge in [0.05, 0.1) is 18.6 Å². The molecule has 4 fully saturated rings. The largest absolute Gasteiger partial charge is 0.504 e. The van der Waals surface area contributed by atoms with Gasteiger partial charge in [-0.25, -0.2) is 4.79 Å². The van der Waals surface area contributed by atoms with Crippen molar-refractivity contribution in [3.05, 3.63) is 41.5 Å². The van der Waals surface area contributed by atoms with E-state index >= 15 is 0 Å². The van der Waals surface area contributed by atoms with Crippen LogP contribution in [0.5, 0.6) is 11.5 Å². The van der Waals surface area contributed by atoms with Gasteiger partial charge in [0.1, 0.15) is 6.10 Å². The Kier molecular flexibility index (Phi) is 8.26. The number of aliphatic hydroxyl groups is 1. The van der Waals surface area contributed by atoms with E-state index in [9.17, 15) is 24.9 Å². The third-order valence-electron chi connectivity index (χ3n) is 15.2. The Morgan fingerprint density at radius 1 is 0.979 bits per heavy atom. The lowest BCUT2D eigenvalue weighted by Crippen LogP contribution is -2.67. The number of carbonyl (C=O) groups excluding carboxylic acids is 1. The van der Waals surface area contributed by atoms with Crippen LogP contribution in [0.1, 0.15) is 105 Å². The molecule has 11 atom stereocenters. The monoisotopic (exact) mass is 648 g/mol. The maximum Gasteiger partial charge on any atom is 0.331 e. The summed E-state index contributed by atoms with van der Waals surface area (Å²) in [6, 6.07) is 4.86. The van der Waals surface area contributed by atoms with Gasteiger partial charge in [-0.05, 0) is 121 Å². The first-order chi connectivity index (χ1) is 22.0. The fourth-order valence-electron chi connectivity index (χ4n) is 12.3. The maximum absolute atomic E-state index is 13.1. The fraction of sp³-hybridized carbons (Fsp3) is 0.700. The number of rotatable bonds is 5. The molecule has 1 aromatic carbocycles. The Hall–Kier alpha value is -2.80. The predicted molar refractivity (Wildman–Crippen MR) is 182 cm³/mol. The average Bonchev–Trinajstić information content (AvgIpc) is 3.00. The summed E-state index contributed by atoms with van der Waals surface area (Å²) in [5.74, 6) is 0.705. The summed E-state index contributed by atoms with van der Waals surface area (Å²) in [5, 5.41) is 32.4. The Bertz CT molecular complexity index is 1490. The van der Waals surface area contributed by atoms with E-state index in [4.69, 9.17) is 9.47 Å². The van der Waals surface area contributed by atoms with Crippen molar-refractivity contribution in [2.75, 3.05) is 7.11 Å². The molecular weight excluding hydrogens is 592 g/mol. The van der Waals surface area contributed by atoms with Gasteiger partial charge in [-0.2, -0.15) is 0 Å². The first kappa shape index (κ1) is 34.1. The molecular formula is C40H56O7. The van der Waals surface area contributed by atoms with Gasteiger partial charge < -0.3 is 24.8 Å². The zero-order valence-electron chi connectivity index (χ0n) is 29.6. The van der Waals surface area contributed by atoms with Gasteiger partial charge >= 0.3 is 11.9 Å². The fourth-order valence-corrected chi connectivity index (χ4v) is 12.3.